The molecule has 108 valence electrons. The van der Waals surface area contributed by atoms with Gasteiger partial charge in [-0.15, -0.1) is 0 Å². The summed E-state index contributed by atoms with van der Waals surface area (Å²) in [4.78, 5) is 11.6. The zero-order valence-electron chi connectivity index (χ0n) is 11.7. The molecule has 2 heterocycles. The average Bonchev–Trinajstić information content (AvgIpc) is 2.90. The lowest BCUT2D eigenvalue weighted by Crippen LogP contribution is -2.07. The van der Waals surface area contributed by atoms with Crippen LogP contribution in [0.3, 0.4) is 0 Å². The van der Waals surface area contributed by atoms with Crippen LogP contribution in [0, 0.1) is 0 Å². The third-order valence-corrected chi connectivity index (χ3v) is 3.33. The standard InChI is InChI=1S/C15H17N5O/c1-16-15-18-7-5-14(20-15)17-6-4-10-9-19-13-3-2-11(21)8-12(10)13/h2-3,5,7-9,19,21H,4,6H2,1H3,(H2,16,17,18,20). The lowest BCUT2D eigenvalue weighted by molar-refractivity contribution is 0.476. The van der Waals surface area contributed by atoms with E-state index in [1.165, 1.54) is 0 Å². The first-order valence-electron chi connectivity index (χ1n) is 6.80. The number of H-pyrrole nitrogens is 1. The molecule has 6 nitrogen and oxygen atoms in total. The number of phenolic OH excluding ortho intramolecular Hbond substituents is 1. The van der Waals surface area contributed by atoms with Crippen LogP contribution in [0.15, 0.2) is 36.7 Å². The number of phenols is 1. The summed E-state index contributed by atoms with van der Waals surface area (Å²) in [6.07, 6.45) is 4.53. The molecule has 0 saturated carbocycles. The number of nitrogens with one attached hydrogen (secondary N) is 3. The number of benzene rings is 1. The molecule has 0 saturated heterocycles. The zero-order chi connectivity index (χ0) is 14.7. The Kier molecular flexibility index (Phi) is 3.59. The highest BCUT2D eigenvalue weighted by atomic mass is 16.3. The van der Waals surface area contributed by atoms with Crippen LogP contribution in [0.1, 0.15) is 5.56 Å². The maximum atomic E-state index is 9.58. The second kappa shape index (κ2) is 5.70. The maximum absolute atomic E-state index is 9.58. The van der Waals surface area contributed by atoms with E-state index in [9.17, 15) is 5.11 Å². The summed E-state index contributed by atoms with van der Waals surface area (Å²) in [5, 5.41) is 16.8. The number of fused-ring (bicyclic) bond motifs is 1. The molecule has 21 heavy (non-hydrogen) atoms. The second-order valence-electron chi connectivity index (χ2n) is 4.74. The number of hydrogen-bond acceptors (Lipinski definition) is 5. The summed E-state index contributed by atoms with van der Waals surface area (Å²) in [5.41, 5.74) is 2.19. The van der Waals surface area contributed by atoms with Gasteiger partial charge >= 0.3 is 0 Å². The van der Waals surface area contributed by atoms with Crippen molar-refractivity contribution in [1.82, 2.24) is 15.0 Å². The van der Waals surface area contributed by atoms with Gasteiger partial charge in [0.05, 0.1) is 0 Å². The Morgan fingerprint density at radius 3 is 3.05 bits per heavy atom. The molecule has 0 fully saturated rings. The number of anilines is 2. The fourth-order valence-electron chi connectivity index (χ4n) is 2.28. The van der Waals surface area contributed by atoms with Gasteiger partial charge in [-0.1, -0.05) is 0 Å². The Morgan fingerprint density at radius 2 is 2.19 bits per heavy atom. The molecule has 3 rings (SSSR count). The second-order valence-corrected chi connectivity index (χ2v) is 4.74. The smallest absolute Gasteiger partial charge is 0.224 e. The van der Waals surface area contributed by atoms with Crippen LogP contribution >= 0.6 is 0 Å². The molecule has 2 aromatic heterocycles. The lowest BCUT2D eigenvalue weighted by atomic mass is 10.1. The van der Waals surface area contributed by atoms with Gasteiger partial charge in [0, 0.05) is 36.9 Å². The first kappa shape index (κ1) is 13.2. The van der Waals surface area contributed by atoms with Crippen LogP contribution in [0.5, 0.6) is 5.75 Å². The highest BCUT2D eigenvalue weighted by molar-refractivity contribution is 5.84. The van der Waals surface area contributed by atoms with E-state index in [2.05, 4.69) is 25.6 Å². The first-order chi connectivity index (χ1) is 10.3. The summed E-state index contributed by atoms with van der Waals surface area (Å²) in [7, 11) is 1.79. The third-order valence-electron chi connectivity index (χ3n) is 3.33. The SMILES string of the molecule is CNc1nccc(NCCc2c[nH]c3ccc(O)cc23)n1. The van der Waals surface area contributed by atoms with Gasteiger partial charge < -0.3 is 20.7 Å². The van der Waals surface area contributed by atoms with Crippen molar-refractivity contribution in [3.05, 3.63) is 42.2 Å². The van der Waals surface area contributed by atoms with E-state index in [0.717, 1.165) is 35.2 Å². The average molecular weight is 283 g/mol. The van der Waals surface area contributed by atoms with Gasteiger partial charge in [0.1, 0.15) is 11.6 Å². The van der Waals surface area contributed by atoms with Crippen molar-refractivity contribution in [3.63, 3.8) is 0 Å². The van der Waals surface area contributed by atoms with E-state index < -0.39 is 0 Å². The molecule has 0 bridgehead atoms. The summed E-state index contributed by atoms with van der Waals surface area (Å²) >= 11 is 0. The van der Waals surface area contributed by atoms with Gasteiger partial charge in [0.25, 0.3) is 0 Å². The number of rotatable bonds is 5. The van der Waals surface area contributed by atoms with Crippen molar-refractivity contribution in [3.8, 4) is 5.75 Å². The number of aromatic nitrogens is 3. The van der Waals surface area contributed by atoms with Crippen molar-refractivity contribution in [2.24, 2.45) is 0 Å². The Bertz CT molecular complexity index is 753. The molecule has 0 unspecified atom stereocenters. The van der Waals surface area contributed by atoms with E-state index in [-0.39, 0.29) is 5.75 Å². The normalized spacial score (nSPS) is 10.7. The minimum atomic E-state index is 0.283. The number of hydrogen-bond donors (Lipinski definition) is 4. The molecule has 0 radical (unpaired) electrons. The van der Waals surface area contributed by atoms with Crippen molar-refractivity contribution in [2.75, 3.05) is 24.2 Å². The molecule has 0 aliphatic carbocycles. The third kappa shape index (κ3) is 2.89. The minimum Gasteiger partial charge on any atom is -0.508 e. The summed E-state index contributed by atoms with van der Waals surface area (Å²) in [5.74, 6) is 1.67. The Labute approximate surface area is 122 Å². The van der Waals surface area contributed by atoms with E-state index >= 15 is 0 Å². The molecule has 0 aliphatic heterocycles. The van der Waals surface area contributed by atoms with Gasteiger partial charge in [-0.05, 0) is 36.2 Å². The number of nitrogens with zero attached hydrogens (tertiary/aromatic N) is 2. The van der Waals surface area contributed by atoms with Crippen LogP contribution in [-0.2, 0) is 6.42 Å². The van der Waals surface area contributed by atoms with Crippen molar-refractivity contribution < 1.29 is 5.11 Å². The number of aromatic hydroxyl groups is 1. The number of aromatic amines is 1. The van der Waals surface area contributed by atoms with Gasteiger partial charge in [-0.3, -0.25) is 0 Å². The van der Waals surface area contributed by atoms with Crippen molar-refractivity contribution in [1.29, 1.82) is 0 Å². The van der Waals surface area contributed by atoms with Crippen LogP contribution < -0.4 is 10.6 Å². The Balaban J connectivity index is 1.67. The Hall–Kier alpha value is -2.76. The summed E-state index contributed by atoms with van der Waals surface area (Å²) in [6, 6.07) is 7.18. The van der Waals surface area contributed by atoms with E-state index in [1.54, 1.807) is 25.4 Å². The fraction of sp³-hybridized carbons (Fsp3) is 0.200. The molecular weight excluding hydrogens is 266 g/mol. The van der Waals surface area contributed by atoms with Crippen molar-refractivity contribution >= 4 is 22.7 Å². The van der Waals surface area contributed by atoms with Crippen molar-refractivity contribution in [2.45, 2.75) is 6.42 Å². The molecule has 3 aromatic rings. The van der Waals surface area contributed by atoms with Gasteiger partial charge in [0.15, 0.2) is 0 Å². The van der Waals surface area contributed by atoms with E-state index in [0.29, 0.717) is 5.95 Å². The van der Waals surface area contributed by atoms with Crippen LogP contribution in [0.25, 0.3) is 10.9 Å². The largest absolute Gasteiger partial charge is 0.508 e. The Morgan fingerprint density at radius 1 is 1.29 bits per heavy atom. The quantitative estimate of drug-likeness (QED) is 0.577. The highest BCUT2D eigenvalue weighted by Crippen LogP contribution is 2.23. The van der Waals surface area contributed by atoms with Crippen LogP contribution in [0.4, 0.5) is 11.8 Å². The van der Waals surface area contributed by atoms with E-state index in [4.69, 9.17) is 0 Å². The predicted octanol–water partition coefficient (Wildman–Crippen LogP) is 2.36. The molecule has 0 atom stereocenters. The molecule has 0 amide bonds. The monoisotopic (exact) mass is 283 g/mol. The summed E-state index contributed by atoms with van der Waals surface area (Å²) < 4.78 is 0. The van der Waals surface area contributed by atoms with E-state index in [1.807, 2.05) is 18.3 Å². The first-order valence-corrected chi connectivity index (χ1v) is 6.80. The molecular formula is C15H17N5O. The molecule has 0 aliphatic rings. The van der Waals surface area contributed by atoms with Gasteiger partial charge in [-0.2, -0.15) is 4.98 Å². The molecule has 4 N–H and O–H groups in total. The van der Waals surface area contributed by atoms with Gasteiger partial charge in [0.2, 0.25) is 5.95 Å². The van der Waals surface area contributed by atoms with Gasteiger partial charge in [-0.25, -0.2) is 4.98 Å². The minimum absolute atomic E-state index is 0.283. The maximum Gasteiger partial charge on any atom is 0.224 e. The molecule has 6 heteroatoms. The summed E-state index contributed by atoms with van der Waals surface area (Å²) in [6.45, 7) is 0.753. The molecule has 0 spiro atoms. The fourth-order valence-corrected chi connectivity index (χ4v) is 2.28. The van der Waals surface area contributed by atoms with Crippen LogP contribution in [-0.4, -0.2) is 33.7 Å². The highest BCUT2D eigenvalue weighted by Gasteiger charge is 2.04. The predicted molar refractivity (Wildman–Crippen MR) is 83.7 cm³/mol. The zero-order valence-corrected chi connectivity index (χ0v) is 11.7. The lowest BCUT2D eigenvalue weighted by Gasteiger charge is -2.06. The molecule has 1 aromatic carbocycles. The topological polar surface area (TPSA) is 85.9 Å². The van der Waals surface area contributed by atoms with Crippen LogP contribution in [0.2, 0.25) is 0 Å².